The van der Waals surface area contributed by atoms with Crippen LogP contribution >= 0.6 is 0 Å². The van der Waals surface area contributed by atoms with Gasteiger partial charge >= 0.3 is 5.97 Å². The summed E-state index contributed by atoms with van der Waals surface area (Å²) < 4.78 is 20.0. The van der Waals surface area contributed by atoms with Gasteiger partial charge in [0.25, 0.3) is 5.91 Å². The third kappa shape index (κ3) is 4.05. The Morgan fingerprint density at radius 2 is 1.93 bits per heavy atom. The van der Waals surface area contributed by atoms with Crippen molar-refractivity contribution in [3.05, 3.63) is 18.5 Å². The van der Waals surface area contributed by atoms with Crippen LogP contribution in [0.3, 0.4) is 0 Å². The fourth-order valence-electron chi connectivity index (χ4n) is 4.44. The van der Waals surface area contributed by atoms with E-state index in [-0.39, 0.29) is 23.8 Å². The Labute approximate surface area is 170 Å². The van der Waals surface area contributed by atoms with Crippen molar-refractivity contribution in [1.82, 2.24) is 19.8 Å². The van der Waals surface area contributed by atoms with Crippen molar-refractivity contribution in [2.75, 3.05) is 50.8 Å². The van der Waals surface area contributed by atoms with Crippen molar-refractivity contribution in [2.24, 2.45) is 5.92 Å². The molecule has 4 rings (SSSR count). The number of nitrogens with zero attached hydrogens (tertiary/aromatic N) is 5. The Balaban J connectivity index is 1.53. The predicted molar refractivity (Wildman–Crippen MR) is 104 cm³/mol. The number of carbonyl (C=O) groups excluding carboxylic acids is 2. The summed E-state index contributed by atoms with van der Waals surface area (Å²) in [6.45, 7) is 5.26. The summed E-state index contributed by atoms with van der Waals surface area (Å²) in [7, 11) is 0. The van der Waals surface area contributed by atoms with Gasteiger partial charge in [0.1, 0.15) is 0 Å². The zero-order chi connectivity index (χ0) is 20.4. The highest BCUT2D eigenvalue weighted by Gasteiger charge is 2.48. The SMILES string of the molecule is CCOC(=O)[C@@H]1CN(c2ncccn2)C[C@H]2CN(C(=O)C3(F)CCC3)CCN2C1. The number of esters is 1. The lowest BCUT2D eigenvalue weighted by molar-refractivity contribution is -0.154. The highest BCUT2D eigenvalue weighted by molar-refractivity contribution is 5.86. The first-order valence-electron chi connectivity index (χ1n) is 10.4. The second-order valence-corrected chi connectivity index (χ2v) is 8.12. The minimum absolute atomic E-state index is 0.0143. The number of rotatable bonds is 4. The van der Waals surface area contributed by atoms with E-state index in [0.29, 0.717) is 64.7 Å². The smallest absolute Gasteiger partial charge is 0.312 e. The molecule has 9 heteroatoms. The molecule has 0 radical (unpaired) electrons. The Kier molecular flexibility index (Phi) is 5.67. The van der Waals surface area contributed by atoms with Gasteiger partial charge in [0.2, 0.25) is 5.95 Å². The van der Waals surface area contributed by atoms with E-state index in [1.807, 2.05) is 4.90 Å². The summed E-state index contributed by atoms with van der Waals surface area (Å²) >= 11 is 0. The number of hydrogen-bond donors (Lipinski definition) is 0. The minimum Gasteiger partial charge on any atom is -0.466 e. The van der Waals surface area contributed by atoms with E-state index in [0.717, 1.165) is 6.42 Å². The molecule has 8 nitrogen and oxygen atoms in total. The quantitative estimate of drug-likeness (QED) is 0.688. The lowest BCUT2D eigenvalue weighted by Crippen LogP contribution is -2.61. The number of aromatic nitrogens is 2. The molecule has 0 unspecified atom stereocenters. The molecule has 3 heterocycles. The van der Waals surface area contributed by atoms with Gasteiger partial charge in [-0.25, -0.2) is 14.4 Å². The van der Waals surface area contributed by atoms with Crippen molar-refractivity contribution < 1.29 is 18.7 Å². The molecule has 2 saturated heterocycles. The molecule has 29 heavy (non-hydrogen) atoms. The second kappa shape index (κ2) is 8.22. The first-order valence-corrected chi connectivity index (χ1v) is 10.4. The van der Waals surface area contributed by atoms with Crippen LogP contribution in [0.2, 0.25) is 0 Å². The van der Waals surface area contributed by atoms with E-state index in [9.17, 15) is 14.0 Å². The number of carbonyl (C=O) groups is 2. The lowest BCUT2D eigenvalue weighted by atomic mass is 9.80. The third-order valence-electron chi connectivity index (χ3n) is 6.20. The average Bonchev–Trinajstić information content (AvgIpc) is 2.91. The Morgan fingerprint density at radius 3 is 2.59 bits per heavy atom. The van der Waals surface area contributed by atoms with E-state index < -0.39 is 5.67 Å². The molecule has 158 valence electrons. The van der Waals surface area contributed by atoms with Crippen molar-refractivity contribution in [1.29, 1.82) is 0 Å². The van der Waals surface area contributed by atoms with Crippen LogP contribution in [0.1, 0.15) is 26.2 Å². The number of piperazine rings is 1. The van der Waals surface area contributed by atoms with Gasteiger partial charge in [0, 0.05) is 57.7 Å². The Bertz CT molecular complexity index is 745. The monoisotopic (exact) mass is 405 g/mol. The standard InChI is InChI=1S/C20H28FN5O3/c1-2-29-17(27)15-11-24-9-10-25(18(28)20(21)5-3-6-20)13-16(24)14-26(12-15)19-22-7-4-8-23-19/h4,7-8,15-16H,2-3,5-6,9-14H2,1H3/t15-,16+/m0/s1. The summed E-state index contributed by atoms with van der Waals surface area (Å²) in [5.41, 5.74) is -1.68. The molecule has 0 bridgehead atoms. The maximum absolute atomic E-state index is 14.7. The Hall–Kier alpha value is -2.29. The van der Waals surface area contributed by atoms with Crippen LogP contribution < -0.4 is 4.90 Å². The van der Waals surface area contributed by atoms with Crippen molar-refractivity contribution in [2.45, 2.75) is 37.9 Å². The number of ether oxygens (including phenoxy) is 1. The minimum atomic E-state index is -1.68. The third-order valence-corrected chi connectivity index (χ3v) is 6.20. The molecule has 2 aliphatic heterocycles. The molecular weight excluding hydrogens is 377 g/mol. The second-order valence-electron chi connectivity index (χ2n) is 8.12. The number of amides is 1. The van der Waals surface area contributed by atoms with Crippen molar-refractivity contribution in [3.8, 4) is 0 Å². The summed E-state index contributed by atoms with van der Waals surface area (Å²) in [5.74, 6) is -0.389. The molecule has 1 aliphatic carbocycles. The van der Waals surface area contributed by atoms with Crippen molar-refractivity contribution in [3.63, 3.8) is 0 Å². The van der Waals surface area contributed by atoms with E-state index >= 15 is 0 Å². The van der Waals surface area contributed by atoms with Gasteiger partial charge in [-0.3, -0.25) is 14.5 Å². The topological polar surface area (TPSA) is 78.9 Å². The van der Waals surface area contributed by atoms with Crippen LogP contribution in [0.15, 0.2) is 18.5 Å². The molecule has 1 aromatic rings. The summed E-state index contributed by atoms with van der Waals surface area (Å²) in [4.78, 5) is 39.8. The summed E-state index contributed by atoms with van der Waals surface area (Å²) in [6.07, 6.45) is 4.76. The first-order chi connectivity index (χ1) is 14.0. The van der Waals surface area contributed by atoms with E-state index in [1.54, 1.807) is 30.3 Å². The van der Waals surface area contributed by atoms with Crippen LogP contribution in [0, 0.1) is 5.92 Å². The highest BCUT2D eigenvalue weighted by atomic mass is 19.1. The zero-order valence-electron chi connectivity index (χ0n) is 16.8. The molecular formula is C20H28FN5O3. The maximum Gasteiger partial charge on any atom is 0.312 e. The average molecular weight is 405 g/mol. The zero-order valence-corrected chi connectivity index (χ0v) is 16.8. The molecule has 0 N–H and O–H groups in total. The van der Waals surface area contributed by atoms with Gasteiger partial charge in [-0.15, -0.1) is 0 Å². The fourth-order valence-corrected chi connectivity index (χ4v) is 4.44. The number of fused-ring (bicyclic) bond motifs is 1. The number of hydrogen-bond acceptors (Lipinski definition) is 7. The molecule has 3 aliphatic rings. The van der Waals surface area contributed by atoms with E-state index in [2.05, 4.69) is 14.9 Å². The van der Waals surface area contributed by atoms with Gasteiger partial charge in [0.05, 0.1) is 12.5 Å². The molecule has 3 fully saturated rings. The van der Waals surface area contributed by atoms with E-state index in [4.69, 9.17) is 4.74 Å². The number of halogens is 1. The first kappa shape index (κ1) is 20.0. The fraction of sp³-hybridized carbons (Fsp3) is 0.700. The maximum atomic E-state index is 14.7. The summed E-state index contributed by atoms with van der Waals surface area (Å²) in [6, 6.07) is 1.73. The van der Waals surface area contributed by atoms with Crippen LogP contribution in [0.4, 0.5) is 10.3 Å². The molecule has 1 saturated carbocycles. The van der Waals surface area contributed by atoms with Gasteiger partial charge in [-0.1, -0.05) is 0 Å². The van der Waals surface area contributed by atoms with Gasteiger partial charge in [-0.05, 0) is 32.3 Å². The van der Waals surface area contributed by atoms with Gasteiger partial charge in [0.15, 0.2) is 5.67 Å². The largest absolute Gasteiger partial charge is 0.466 e. The molecule has 1 amide bonds. The van der Waals surface area contributed by atoms with Crippen LogP contribution in [-0.4, -0.2) is 89.2 Å². The molecule has 0 spiro atoms. The normalized spacial score (nSPS) is 26.8. The molecule has 2 atom stereocenters. The lowest BCUT2D eigenvalue weighted by Gasteiger charge is -2.44. The molecule has 0 aromatic carbocycles. The van der Waals surface area contributed by atoms with Crippen LogP contribution in [0.25, 0.3) is 0 Å². The number of anilines is 1. The highest BCUT2D eigenvalue weighted by Crippen LogP contribution is 2.38. The molecule has 1 aromatic heterocycles. The van der Waals surface area contributed by atoms with Gasteiger partial charge in [-0.2, -0.15) is 0 Å². The van der Waals surface area contributed by atoms with Crippen LogP contribution in [-0.2, 0) is 14.3 Å². The van der Waals surface area contributed by atoms with Gasteiger partial charge < -0.3 is 14.5 Å². The summed E-state index contributed by atoms with van der Waals surface area (Å²) in [5, 5.41) is 0. The Morgan fingerprint density at radius 1 is 1.17 bits per heavy atom. The van der Waals surface area contributed by atoms with E-state index in [1.165, 1.54) is 0 Å². The van der Waals surface area contributed by atoms with Crippen LogP contribution in [0.5, 0.6) is 0 Å². The van der Waals surface area contributed by atoms with Crippen molar-refractivity contribution >= 4 is 17.8 Å². The predicted octanol–water partition coefficient (Wildman–Crippen LogP) is 0.881. The number of alkyl halides is 1.